The van der Waals surface area contributed by atoms with Crippen molar-refractivity contribution in [3.63, 3.8) is 0 Å². The van der Waals surface area contributed by atoms with Crippen molar-refractivity contribution < 1.29 is 0 Å². The van der Waals surface area contributed by atoms with Crippen molar-refractivity contribution in [1.29, 1.82) is 0 Å². The summed E-state index contributed by atoms with van der Waals surface area (Å²) in [4.78, 5) is 0. The van der Waals surface area contributed by atoms with Crippen molar-refractivity contribution in [3.8, 4) is 0 Å². The Hall–Kier alpha value is -0.820. The predicted molar refractivity (Wildman–Crippen MR) is 79.2 cm³/mol. The van der Waals surface area contributed by atoms with Crippen molar-refractivity contribution in [3.05, 3.63) is 34.9 Å². The first kappa shape index (κ1) is 13.6. The first-order valence-electron chi connectivity index (χ1n) is 7.50. The minimum atomic E-state index is 0.740. The zero-order chi connectivity index (χ0) is 13.0. The van der Waals surface area contributed by atoms with Gasteiger partial charge in [-0.1, -0.05) is 42.7 Å². The summed E-state index contributed by atoms with van der Waals surface area (Å²) in [6.07, 6.45) is 6.67. The second-order valence-electron chi connectivity index (χ2n) is 5.94. The Labute approximate surface area is 112 Å². The van der Waals surface area contributed by atoms with Gasteiger partial charge < -0.3 is 5.32 Å². The summed E-state index contributed by atoms with van der Waals surface area (Å²) in [5.41, 5.74) is 4.39. The van der Waals surface area contributed by atoms with Crippen LogP contribution in [0.3, 0.4) is 0 Å². The third-order valence-corrected chi connectivity index (χ3v) is 4.07. The van der Waals surface area contributed by atoms with Crippen LogP contribution in [0.5, 0.6) is 0 Å². The fourth-order valence-electron chi connectivity index (χ4n) is 3.27. The maximum atomic E-state index is 3.70. The molecule has 0 bridgehead atoms. The molecule has 1 heteroatoms. The summed E-state index contributed by atoms with van der Waals surface area (Å²) in [5.74, 6) is 0.770. The van der Waals surface area contributed by atoms with Crippen LogP contribution < -0.4 is 5.32 Å². The normalized spacial score (nSPS) is 24.2. The van der Waals surface area contributed by atoms with E-state index in [1.165, 1.54) is 49.8 Å². The van der Waals surface area contributed by atoms with Crippen LogP contribution >= 0.6 is 0 Å². The van der Waals surface area contributed by atoms with Crippen molar-refractivity contribution in [2.75, 3.05) is 6.54 Å². The molecule has 1 aliphatic rings. The molecule has 0 aliphatic heterocycles. The molecule has 1 fully saturated rings. The molecule has 1 nitrogen and oxygen atoms in total. The second kappa shape index (κ2) is 6.38. The largest absolute Gasteiger partial charge is 0.314 e. The van der Waals surface area contributed by atoms with Crippen molar-refractivity contribution >= 4 is 0 Å². The Kier molecular flexibility index (Phi) is 4.82. The quantitative estimate of drug-likeness (QED) is 0.832. The molecular weight excluding hydrogens is 218 g/mol. The third-order valence-electron chi connectivity index (χ3n) is 4.07. The molecule has 18 heavy (non-hydrogen) atoms. The van der Waals surface area contributed by atoms with Gasteiger partial charge in [-0.2, -0.15) is 0 Å². The van der Waals surface area contributed by atoms with Gasteiger partial charge in [-0.15, -0.1) is 0 Å². The van der Waals surface area contributed by atoms with Crippen LogP contribution in [0.25, 0.3) is 0 Å². The zero-order valence-corrected chi connectivity index (χ0v) is 12.1. The van der Waals surface area contributed by atoms with Gasteiger partial charge >= 0.3 is 0 Å². The van der Waals surface area contributed by atoms with Crippen LogP contribution in [-0.4, -0.2) is 12.6 Å². The van der Waals surface area contributed by atoms with Crippen LogP contribution in [0.2, 0.25) is 0 Å². The standard InChI is InChI=1S/C17H27N/c1-4-8-18-17-7-5-6-15(12-17)16-10-13(2)9-14(3)11-16/h9-11,15,17-18H,4-8,12H2,1-3H3. The Bertz CT molecular complexity index is 363. The summed E-state index contributed by atoms with van der Waals surface area (Å²) < 4.78 is 0. The Morgan fingerprint density at radius 2 is 1.83 bits per heavy atom. The molecular formula is C17H27N. The van der Waals surface area contributed by atoms with E-state index in [1.807, 2.05) is 0 Å². The van der Waals surface area contributed by atoms with Gasteiger partial charge in [0.15, 0.2) is 0 Å². The monoisotopic (exact) mass is 245 g/mol. The summed E-state index contributed by atoms with van der Waals surface area (Å²) in [5, 5.41) is 3.70. The van der Waals surface area contributed by atoms with Crippen LogP contribution in [0, 0.1) is 13.8 Å². The van der Waals surface area contributed by atoms with Gasteiger partial charge in [0, 0.05) is 6.04 Å². The van der Waals surface area contributed by atoms with Gasteiger partial charge in [0.05, 0.1) is 0 Å². The molecule has 1 aromatic carbocycles. The van der Waals surface area contributed by atoms with Gasteiger partial charge in [-0.3, -0.25) is 0 Å². The lowest BCUT2D eigenvalue weighted by Crippen LogP contribution is -2.34. The number of hydrogen-bond acceptors (Lipinski definition) is 1. The average molecular weight is 245 g/mol. The average Bonchev–Trinajstić information content (AvgIpc) is 2.35. The van der Waals surface area contributed by atoms with Crippen molar-refractivity contribution in [1.82, 2.24) is 5.32 Å². The van der Waals surface area contributed by atoms with Crippen molar-refractivity contribution in [2.24, 2.45) is 0 Å². The lowest BCUT2D eigenvalue weighted by Gasteiger charge is -2.30. The number of aryl methyl sites for hydroxylation is 2. The minimum absolute atomic E-state index is 0.740. The lowest BCUT2D eigenvalue weighted by molar-refractivity contribution is 0.340. The molecule has 1 aliphatic carbocycles. The van der Waals surface area contributed by atoms with Gasteiger partial charge in [0.2, 0.25) is 0 Å². The number of benzene rings is 1. The fourth-order valence-corrected chi connectivity index (χ4v) is 3.27. The SMILES string of the molecule is CCCNC1CCCC(c2cc(C)cc(C)c2)C1. The van der Waals surface area contributed by atoms with Gasteiger partial charge in [0.25, 0.3) is 0 Å². The van der Waals surface area contributed by atoms with E-state index in [0.29, 0.717) is 0 Å². The van der Waals surface area contributed by atoms with Crippen LogP contribution in [-0.2, 0) is 0 Å². The minimum Gasteiger partial charge on any atom is -0.314 e. The maximum Gasteiger partial charge on any atom is 0.00728 e. The highest BCUT2D eigenvalue weighted by molar-refractivity contribution is 5.31. The Morgan fingerprint density at radius 1 is 1.11 bits per heavy atom. The first-order chi connectivity index (χ1) is 8.69. The molecule has 2 unspecified atom stereocenters. The van der Waals surface area contributed by atoms with Gasteiger partial charge in [-0.05, 0) is 57.6 Å². The molecule has 0 radical (unpaired) electrons. The molecule has 100 valence electrons. The summed E-state index contributed by atoms with van der Waals surface area (Å²) >= 11 is 0. The van der Waals surface area contributed by atoms with E-state index < -0.39 is 0 Å². The molecule has 1 aromatic rings. The number of hydrogen-bond donors (Lipinski definition) is 1. The highest BCUT2D eigenvalue weighted by atomic mass is 14.9. The van der Waals surface area contributed by atoms with E-state index >= 15 is 0 Å². The zero-order valence-electron chi connectivity index (χ0n) is 12.1. The van der Waals surface area contributed by atoms with E-state index in [0.717, 1.165) is 12.0 Å². The Balaban J connectivity index is 2.03. The maximum absolute atomic E-state index is 3.70. The van der Waals surface area contributed by atoms with Gasteiger partial charge in [0.1, 0.15) is 0 Å². The molecule has 1 saturated carbocycles. The third kappa shape index (κ3) is 3.58. The smallest absolute Gasteiger partial charge is 0.00728 e. The molecule has 0 aromatic heterocycles. The molecule has 2 rings (SSSR count). The molecule has 2 atom stereocenters. The van der Waals surface area contributed by atoms with Crippen molar-refractivity contribution in [2.45, 2.75) is 64.8 Å². The summed E-state index contributed by atoms with van der Waals surface area (Å²) in [7, 11) is 0. The number of nitrogens with one attached hydrogen (secondary N) is 1. The topological polar surface area (TPSA) is 12.0 Å². The van der Waals surface area contributed by atoms with E-state index in [1.54, 1.807) is 5.56 Å². The number of rotatable bonds is 4. The highest BCUT2D eigenvalue weighted by Gasteiger charge is 2.22. The highest BCUT2D eigenvalue weighted by Crippen LogP contribution is 2.33. The van der Waals surface area contributed by atoms with E-state index in [4.69, 9.17) is 0 Å². The van der Waals surface area contributed by atoms with Gasteiger partial charge in [-0.25, -0.2) is 0 Å². The van der Waals surface area contributed by atoms with E-state index in [9.17, 15) is 0 Å². The predicted octanol–water partition coefficient (Wildman–Crippen LogP) is 4.33. The fraction of sp³-hybridized carbons (Fsp3) is 0.647. The first-order valence-corrected chi connectivity index (χ1v) is 7.50. The van der Waals surface area contributed by atoms with E-state index in [-0.39, 0.29) is 0 Å². The van der Waals surface area contributed by atoms with Crippen LogP contribution in [0.15, 0.2) is 18.2 Å². The van der Waals surface area contributed by atoms with E-state index in [2.05, 4.69) is 44.3 Å². The molecule has 0 saturated heterocycles. The van der Waals surface area contributed by atoms with Crippen LogP contribution in [0.4, 0.5) is 0 Å². The molecule has 0 heterocycles. The molecule has 0 amide bonds. The molecule has 0 spiro atoms. The second-order valence-corrected chi connectivity index (χ2v) is 5.94. The Morgan fingerprint density at radius 3 is 2.50 bits per heavy atom. The summed E-state index contributed by atoms with van der Waals surface area (Å²) in [6.45, 7) is 7.85. The lowest BCUT2D eigenvalue weighted by atomic mass is 9.80. The molecule has 1 N–H and O–H groups in total. The van der Waals surface area contributed by atoms with Crippen LogP contribution in [0.1, 0.15) is 61.6 Å². The summed E-state index contributed by atoms with van der Waals surface area (Å²) in [6, 6.07) is 7.79.